The minimum atomic E-state index is -4.47. The minimum Gasteiger partial charge on any atom is -0.326 e. The lowest BCUT2D eigenvalue weighted by Crippen LogP contribution is -2.38. The van der Waals surface area contributed by atoms with E-state index in [1.54, 1.807) is 12.1 Å². The fraction of sp³-hybridized carbons (Fsp3) is 0.375. The highest BCUT2D eigenvalue weighted by atomic mass is 35.5. The highest BCUT2D eigenvalue weighted by molar-refractivity contribution is 5.86. The Hall–Kier alpha value is -2.53. The third-order valence-electron chi connectivity index (χ3n) is 6.74. The first-order valence-corrected chi connectivity index (χ1v) is 11.3. The maximum Gasteiger partial charge on any atom is 0.408 e. The lowest BCUT2D eigenvalue weighted by Gasteiger charge is -2.30. The Kier molecular flexibility index (Phi) is 7.18. The van der Waals surface area contributed by atoms with Gasteiger partial charge in [0.1, 0.15) is 17.6 Å². The Bertz CT molecular complexity index is 1400. The standard InChI is InChI=1S/C24H22F4N6.2ClH/c25-17-6-3-14-4-7-18(30-21(14)20(17)13-1-2-13)23-32-31-19-8-5-15(11-34(19)23)22(24(26,27)28)33-10-9-16(29)12-33;;/h3-8,11,13,16,22H,1-2,9-10,12,29H2;2*1H/t16?,22-;;/m1../s1. The first-order valence-electron chi connectivity index (χ1n) is 11.3. The second-order valence-corrected chi connectivity index (χ2v) is 9.21. The Labute approximate surface area is 216 Å². The zero-order valence-corrected chi connectivity index (χ0v) is 20.6. The van der Waals surface area contributed by atoms with Crippen molar-refractivity contribution >= 4 is 41.4 Å². The number of hydrogen-bond donors (Lipinski definition) is 1. The molecular formula is C24H24Cl2F4N6. The predicted octanol–water partition coefficient (Wildman–Crippen LogP) is 5.44. The highest BCUT2D eigenvalue weighted by Crippen LogP contribution is 2.44. The van der Waals surface area contributed by atoms with E-state index >= 15 is 0 Å². The molecule has 0 bridgehead atoms. The van der Waals surface area contributed by atoms with Crippen LogP contribution >= 0.6 is 24.8 Å². The molecular weight excluding hydrogens is 519 g/mol. The van der Waals surface area contributed by atoms with Crippen LogP contribution < -0.4 is 5.73 Å². The summed E-state index contributed by atoms with van der Waals surface area (Å²) in [5, 5.41) is 9.13. The van der Waals surface area contributed by atoms with Gasteiger partial charge < -0.3 is 5.73 Å². The SMILES string of the molecule is Cl.Cl.NC1CCN([C@H](c2ccc3nnc(-c4ccc5ccc(F)c(C6CC6)c5n4)n3c2)C(F)(F)F)C1. The molecule has 2 N–H and O–H groups in total. The average Bonchev–Trinajstić information content (AvgIpc) is 3.40. The van der Waals surface area contributed by atoms with E-state index in [4.69, 9.17) is 5.73 Å². The summed E-state index contributed by atoms with van der Waals surface area (Å²) in [5.74, 6) is 0.168. The highest BCUT2D eigenvalue weighted by Gasteiger charge is 2.46. The van der Waals surface area contributed by atoms with Crippen molar-refractivity contribution in [1.82, 2.24) is 24.5 Å². The molecule has 1 saturated carbocycles. The summed E-state index contributed by atoms with van der Waals surface area (Å²) in [6.45, 7) is 0.457. The van der Waals surface area contributed by atoms with Crippen LogP contribution in [0.4, 0.5) is 17.6 Å². The number of nitrogens with zero attached hydrogens (tertiary/aromatic N) is 5. The quantitative estimate of drug-likeness (QED) is 0.347. The van der Waals surface area contributed by atoms with Crippen LogP contribution in [0.3, 0.4) is 0 Å². The molecule has 2 fully saturated rings. The van der Waals surface area contributed by atoms with Gasteiger partial charge in [-0.15, -0.1) is 35.0 Å². The van der Waals surface area contributed by atoms with Gasteiger partial charge in [0.25, 0.3) is 0 Å². The summed E-state index contributed by atoms with van der Waals surface area (Å²) in [7, 11) is 0. The van der Waals surface area contributed by atoms with E-state index in [9.17, 15) is 17.6 Å². The van der Waals surface area contributed by atoms with Gasteiger partial charge in [0, 0.05) is 36.3 Å². The number of alkyl halides is 3. The molecule has 12 heteroatoms. The number of hydrogen-bond acceptors (Lipinski definition) is 5. The summed E-state index contributed by atoms with van der Waals surface area (Å²) >= 11 is 0. The van der Waals surface area contributed by atoms with Gasteiger partial charge in [0.2, 0.25) is 0 Å². The number of pyridine rings is 2. The summed E-state index contributed by atoms with van der Waals surface area (Å²) in [6.07, 6.45) is -0.695. The van der Waals surface area contributed by atoms with Gasteiger partial charge in [-0.3, -0.25) is 9.30 Å². The van der Waals surface area contributed by atoms with Crippen LogP contribution in [0.2, 0.25) is 0 Å². The summed E-state index contributed by atoms with van der Waals surface area (Å²) in [6, 6.07) is 7.61. The van der Waals surface area contributed by atoms with E-state index in [2.05, 4.69) is 15.2 Å². The molecule has 4 aromatic rings. The van der Waals surface area contributed by atoms with Gasteiger partial charge in [-0.2, -0.15) is 13.2 Å². The van der Waals surface area contributed by atoms with Crippen molar-refractivity contribution in [3.63, 3.8) is 0 Å². The molecule has 2 atom stereocenters. The molecule has 1 aliphatic carbocycles. The second-order valence-electron chi connectivity index (χ2n) is 9.21. The van der Waals surface area contributed by atoms with Crippen molar-refractivity contribution in [2.24, 2.45) is 5.73 Å². The molecule has 36 heavy (non-hydrogen) atoms. The molecule has 1 aliphatic heterocycles. The number of likely N-dealkylation sites (tertiary alicyclic amines) is 1. The molecule has 4 heterocycles. The molecule has 1 saturated heterocycles. The van der Waals surface area contributed by atoms with Crippen LogP contribution in [0.15, 0.2) is 42.6 Å². The normalized spacial score (nSPS) is 19.3. The van der Waals surface area contributed by atoms with Gasteiger partial charge >= 0.3 is 6.18 Å². The van der Waals surface area contributed by atoms with E-state index in [0.717, 1.165) is 18.2 Å². The van der Waals surface area contributed by atoms with Gasteiger partial charge in [-0.25, -0.2) is 9.37 Å². The van der Waals surface area contributed by atoms with Crippen LogP contribution in [-0.4, -0.2) is 49.8 Å². The number of nitrogens with two attached hydrogens (primary N) is 1. The number of aromatic nitrogens is 4. The maximum atomic E-state index is 14.6. The Balaban J connectivity index is 0.00000152. The number of rotatable bonds is 4. The number of fused-ring (bicyclic) bond motifs is 2. The molecule has 2 aliphatic rings. The largest absolute Gasteiger partial charge is 0.408 e. The molecule has 6 rings (SSSR count). The van der Waals surface area contributed by atoms with Gasteiger partial charge in [-0.05, 0) is 55.0 Å². The van der Waals surface area contributed by atoms with Crippen molar-refractivity contribution in [3.8, 4) is 11.5 Å². The second kappa shape index (κ2) is 9.74. The van der Waals surface area contributed by atoms with Gasteiger partial charge in [-0.1, -0.05) is 12.1 Å². The van der Waals surface area contributed by atoms with Crippen LogP contribution in [0, 0.1) is 5.82 Å². The molecule has 0 spiro atoms. The molecule has 0 radical (unpaired) electrons. The Morgan fingerprint density at radius 3 is 2.39 bits per heavy atom. The lowest BCUT2D eigenvalue weighted by molar-refractivity contribution is -0.183. The summed E-state index contributed by atoms with van der Waals surface area (Å²) in [4.78, 5) is 6.06. The van der Waals surface area contributed by atoms with E-state index in [1.807, 2.05) is 6.07 Å². The first-order chi connectivity index (χ1) is 16.3. The predicted molar refractivity (Wildman–Crippen MR) is 133 cm³/mol. The lowest BCUT2D eigenvalue weighted by atomic mass is 10.0. The molecule has 0 amide bonds. The van der Waals surface area contributed by atoms with Crippen LogP contribution in [0.1, 0.15) is 42.3 Å². The molecule has 192 valence electrons. The maximum absolute atomic E-state index is 14.6. The fourth-order valence-corrected chi connectivity index (χ4v) is 4.97. The van der Waals surface area contributed by atoms with Crippen LogP contribution in [0.5, 0.6) is 0 Å². The van der Waals surface area contributed by atoms with Gasteiger partial charge in [0.15, 0.2) is 11.5 Å². The van der Waals surface area contributed by atoms with E-state index in [-0.39, 0.29) is 61.2 Å². The summed E-state index contributed by atoms with van der Waals surface area (Å²) in [5.41, 5.74) is 7.95. The molecule has 3 aromatic heterocycles. The Morgan fingerprint density at radius 1 is 0.972 bits per heavy atom. The Morgan fingerprint density at radius 2 is 1.72 bits per heavy atom. The summed E-state index contributed by atoms with van der Waals surface area (Å²) < 4.78 is 58.4. The topological polar surface area (TPSA) is 72.3 Å². The van der Waals surface area contributed by atoms with Gasteiger partial charge in [0.05, 0.1) is 5.52 Å². The van der Waals surface area contributed by atoms with Crippen molar-refractivity contribution in [2.45, 2.75) is 43.4 Å². The van der Waals surface area contributed by atoms with Crippen LogP contribution in [-0.2, 0) is 0 Å². The first kappa shape index (κ1) is 26.5. The van der Waals surface area contributed by atoms with E-state index < -0.39 is 12.2 Å². The number of halogens is 6. The zero-order valence-electron chi connectivity index (χ0n) is 19.0. The number of benzene rings is 1. The molecule has 1 aromatic carbocycles. The van der Waals surface area contributed by atoms with Crippen molar-refractivity contribution < 1.29 is 17.6 Å². The molecule has 1 unspecified atom stereocenters. The zero-order chi connectivity index (χ0) is 23.6. The molecule has 6 nitrogen and oxygen atoms in total. The smallest absolute Gasteiger partial charge is 0.326 e. The van der Waals surface area contributed by atoms with Crippen molar-refractivity contribution in [2.75, 3.05) is 13.1 Å². The minimum absolute atomic E-state index is 0. The van der Waals surface area contributed by atoms with Crippen molar-refractivity contribution in [1.29, 1.82) is 0 Å². The van der Waals surface area contributed by atoms with Crippen molar-refractivity contribution in [3.05, 3.63) is 59.5 Å². The third-order valence-corrected chi connectivity index (χ3v) is 6.74. The monoisotopic (exact) mass is 542 g/mol. The fourth-order valence-electron chi connectivity index (χ4n) is 4.97. The van der Waals surface area contributed by atoms with E-state index in [0.29, 0.717) is 34.7 Å². The van der Waals surface area contributed by atoms with E-state index in [1.165, 1.54) is 33.7 Å². The average molecular weight is 543 g/mol. The third kappa shape index (κ3) is 4.63. The van der Waals surface area contributed by atoms with Crippen LogP contribution in [0.25, 0.3) is 28.1 Å².